The van der Waals surface area contributed by atoms with E-state index in [4.69, 9.17) is 9.26 Å². The second kappa shape index (κ2) is 9.60. The third-order valence-corrected chi connectivity index (χ3v) is 5.28. The minimum Gasteiger partial charge on any atom is -0.410 e. The first-order valence-electron chi connectivity index (χ1n) is 10.4. The van der Waals surface area contributed by atoms with Crippen molar-refractivity contribution in [2.45, 2.75) is 13.6 Å². The van der Waals surface area contributed by atoms with Crippen LogP contribution in [0.15, 0.2) is 64.0 Å². The van der Waals surface area contributed by atoms with Gasteiger partial charge >= 0.3 is 11.7 Å². The highest BCUT2D eigenvalue weighted by atomic mass is 19.1. The summed E-state index contributed by atoms with van der Waals surface area (Å²) < 4.78 is 24.7. The predicted molar refractivity (Wildman–Crippen MR) is 118 cm³/mol. The fourth-order valence-electron chi connectivity index (χ4n) is 3.51. The first kappa shape index (κ1) is 22.1. The van der Waals surface area contributed by atoms with E-state index >= 15 is 0 Å². The Morgan fingerprint density at radius 2 is 1.70 bits per heavy atom. The minimum absolute atomic E-state index is 0.0799. The molecule has 33 heavy (non-hydrogen) atoms. The van der Waals surface area contributed by atoms with E-state index in [1.165, 1.54) is 35.9 Å². The van der Waals surface area contributed by atoms with Gasteiger partial charge in [0.15, 0.2) is 0 Å². The predicted octanol–water partition coefficient (Wildman–Crippen LogP) is 2.66. The number of hydrogen-bond donors (Lipinski definition) is 1. The normalized spacial score (nSPS) is 13.6. The average Bonchev–Trinajstić information content (AvgIpc) is 3.20. The maximum Gasteiger partial charge on any atom is 0.415 e. The van der Waals surface area contributed by atoms with Crippen molar-refractivity contribution in [3.05, 3.63) is 71.0 Å². The molecular formula is C23H23FN4O5. The van der Waals surface area contributed by atoms with Gasteiger partial charge in [0.05, 0.1) is 11.8 Å². The topological polar surface area (TPSA) is 97.0 Å². The molecule has 0 saturated carbocycles. The van der Waals surface area contributed by atoms with E-state index in [9.17, 15) is 18.8 Å². The largest absolute Gasteiger partial charge is 0.415 e. The number of ether oxygens (including phenoxy) is 1. The number of aromatic nitrogens is 1. The number of benzene rings is 2. The zero-order chi connectivity index (χ0) is 23.4. The zero-order valence-corrected chi connectivity index (χ0v) is 18.0. The van der Waals surface area contributed by atoms with Crippen LogP contribution in [0.1, 0.15) is 6.92 Å². The van der Waals surface area contributed by atoms with Crippen LogP contribution in [-0.2, 0) is 11.5 Å². The first-order valence-corrected chi connectivity index (χ1v) is 10.4. The van der Waals surface area contributed by atoms with Gasteiger partial charge in [-0.25, -0.2) is 14.0 Å². The Bertz CT molecular complexity index is 1180. The standard InChI is InChI=1S/C23H23FN4O5/c1-16(29)25-15-28-14-21(22(30)33-28)17-2-6-19(7-3-17)26-10-12-27(13-11-26)23(31)32-20-8-4-18(24)5-9-20/h2-9,14H,10-13,15H2,1H3,(H,25,29). The molecule has 0 atom stereocenters. The molecule has 3 aromatic rings. The first-order chi connectivity index (χ1) is 15.9. The fourth-order valence-corrected chi connectivity index (χ4v) is 3.51. The van der Waals surface area contributed by atoms with Gasteiger partial charge in [0.1, 0.15) is 18.2 Å². The molecule has 9 nitrogen and oxygen atoms in total. The molecule has 0 radical (unpaired) electrons. The molecule has 2 amide bonds. The van der Waals surface area contributed by atoms with E-state index in [2.05, 4.69) is 10.2 Å². The molecule has 1 aliphatic heterocycles. The molecule has 0 unspecified atom stereocenters. The van der Waals surface area contributed by atoms with Crippen LogP contribution in [0, 0.1) is 5.82 Å². The Kier molecular flexibility index (Phi) is 6.43. The highest BCUT2D eigenvalue weighted by Gasteiger charge is 2.23. The molecule has 10 heteroatoms. The van der Waals surface area contributed by atoms with Crippen LogP contribution in [0.3, 0.4) is 0 Å². The van der Waals surface area contributed by atoms with Gasteiger partial charge < -0.3 is 24.4 Å². The maximum absolute atomic E-state index is 13.0. The molecule has 1 aromatic heterocycles. The summed E-state index contributed by atoms with van der Waals surface area (Å²) in [5.74, 6) is -0.311. The molecule has 2 heterocycles. The van der Waals surface area contributed by atoms with E-state index in [1.54, 1.807) is 11.1 Å². The lowest BCUT2D eigenvalue weighted by Crippen LogP contribution is -2.49. The molecule has 4 rings (SSSR count). The Morgan fingerprint density at radius 1 is 1.03 bits per heavy atom. The number of carbonyl (C=O) groups is 2. The second-order valence-electron chi connectivity index (χ2n) is 7.57. The number of rotatable bonds is 5. The molecule has 172 valence electrons. The lowest BCUT2D eigenvalue weighted by Gasteiger charge is -2.35. The smallest absolute Gasteiger partial charge is 0.410 e. The van der Waals surface area contributed by atoms with E-state index in [-0.39, 0.29) is 12.6 Å². The van der Waals surface area contributed by atoms with Crippen LogP contribution in [-0.4, -0.2) is 47.8 Å². The SMILES string of the molecule is CC(=O)NCn1cc(-c2ccc(N3CCN(C(=O)Oc4ccc(F)cc4)CC3)cc2)c(=O)o1. The van der Waals surface area contributed by atoms with Crippen molar-refractivity contribution in [2.75, 3.05) is 31.1 Å². The van der Waals surface area contributed by atoms with Crippen LogP contribution in [0.4, 0.5) is 14.9 Å². The van der Waals surface area contributed by atoms with E-state index < -0.39 is 17.5 Å². The van der Waals surface area contributed by atoms with Crippen molar-refractivity contribution in [2.24, 2.45) is 0 Å². The van der Waals surface area contributed by atoms with Crippen molar-refractivity contribution in [1.82, 2.24) is 15.0 Å². The maximum atomic E-state index is 13.0. The summed E-state index contributed by atoms with van der Waals surface area (Å²) in [6, 6.07) is 12.8. The summed E-state index contributed by atoms with van der Waals surface area (Å²) in [7, 11) is 0. The molecule has 0 spiro atoms. The summed E-state index contributed by atoms with van der Waals surface area (Å²) in [6.45, 7) is 3.67. The highest BCUT2D eigenvalue weighted by molar-refractivity contribution is 5.72. The number of anilines is 1. The van der Waals surface area contributed by atoms with Crippen LogP contribution < -0.4 is 20.6 Å². The van der Waals surface area contributed by atoms with Crippen molar-refractivity contribution >= 4 is 17.7 Å². The average molecular weight is 454 g/mol. The summed E-state index contributed by atoms with van der Waals surface area (Å²) in [5, 5.41) is 2.57. The number of piperazine rings is 1. The third-order valence-electron chi connectivity index (χ3n) is 5.28. The van der Waals surface area contributed by atoms with Gasteiger partial charge in [0, 0.05) is 38.8 Å². The lowest BCUT2D eigenvalue weighted by molar-refractivity contribution is -0.119. The Labute approximate surface area is 188 Å². The van der Waals surface area contributed by atoms with E-state index in [0.29, 0.717) is 43.1 Å². The molecule has 1 fully saturated rings. The monoisotopic (exact) mass is 454 g/mol. The number of halogens is 1. The molecule has 0 aliphatic carbocycles. The van der Waals surface area contributed by atoms with Gasteiger partial charge in [-0.1, -0.05) is 12.1 Å². The minimum atomic E-state index is -0.485. The van der Waals surface area contributed by atoms with Crippen LogP contribution in [0.5, 0.6) is 5.75 Å². The van der Waals surface area contributed by atoms with Crippen LogP contribution >= 0.6 is 0 Å². The van der Waals surface area contributed by atoms with Crippen molar-refractivity contribution < 1.29 is 23.2 Å². The van der Waals surface area contributed by atoms with Crippen molar-refractivity contribution in [3.63, 3.8) is 0 Å². The zero-order valence-electron chi connectivity index (χ0n) is 18.0. The van der Waals surface area contributed by atoms with E-state index in [1.807, 2.05) is 24.3 Å². The molecule has 1 saturated heterocycles. The van der Waals surface area contributed by atoms with Gasteiger partial charge in [-0.3, -0.25) is 4.79 Å². The summed E-state index contributed by atoms with van der Waals surface area (Å²) in [5.41, 5.74) is 1.59. The van der Waals surface area contributed by atoms with Gasteiger partial charge in [-0.15, -0.1) is 0 Å². The summed E-state index contributed by atoms with van der Waals surface area (Å²) >= 11 is 0. The number of nitrogens with one attached hydrogen (secondary N) is 1. The Morgan fingerprint density at radius 3 is 2.33 bits per heavy atom. The number of nitrogens with zero attached hydrogens (tertiary/aromatic N) is 3. The Balaban J connectivity index is 1.34. The van der Waals surface area contributed by atoms with Crippen LogP contribution in [0.25, 0.3) is 11.1 Å². The molecule has 1 N–H and O–H groups in total. The number of amides is 2. The van der Waals surface area contributed by atoms with Gasteiger partial charge in [-0.2, -0.15) is 4.74 Å². The van der Waals surface area contributed by atoms with Gasteiger partial charge in [0.2, 0.25) is 5.91 Å². The molecule has 2 aromatic carbocycles. The van der Waals surface area contributed by atoms with Crippen molar-refractivity contribution in [1.29, 1.82) is 0 Å². The molecule has 0 bridgehead atoms. The third kappa shape index (κ3) is 5.40. The van der Waals surface area contributed by atoms with Gasteiger partial charge in [0.25, 0.3) is 0 Å². The second-order valence-corrected chi connectivity index (χ2v) is 7.57. The van der Waals surface area contributed by atoms with Gasteiger partial charge in [-0.05, 0) is 42.0 Å². The Hall–Kier alpha value is -4.08. The molecule has 1 aliphatic rings. The highest BCUT2D eigenvalue weighted by Crippen LogP contribution is 2.23. The van der Waals surface area contributed by atoms with E-state index in [0.717, 1.165) is 5.69 Å². The summed E-state index contributed by atoms with van der Waals surface area (Å²) in [6.07, 6.45) is 1.09. The fraction of sp³-hybridized carbons (Fsp3) is 0.261. The number of hydrogen-bond acceptors (Lipinski definition) is 6. The summed E-state index contributed by atoms with van der Waals surface area (Å²) in [4.78, 5) is 39.3. The quantitative estimate of drug-likeness (QED) is 0.637. The van der Waals surface area contributed by atoms with Crippen molar-refractivity contribution in [3.8, 4) is 16.9 Å². The lowest BCUT2D eigenvalue weighted by atomic mass is 10.1. The molecular weight excluding hydrogens is 431 g/mol. The number of carbonyl (C=O) groups excluding carboxylic acids is 2. The van der Waals surface area contributed by atoms with Crippen LogP contribution in [0.2, 0.25) is 0 Å².